The maximum absolute atomic E-state index is 12.7. The van der Waals surface area contributed by atoms with E-state index in [0.29, 0.717) is 0 Å². The van der Waals surface area contributed by atoms with Crippen molar-refractivity contribution >= 4 is 73.6 Å². The van der Waals surface area contributed by atoms with E-state index in [1.165, 1.54) is 32.4 Å². The normalized spacial score (nSPS) is 23.5. The second kappa shape index (κ2) is 17.4. The first-order valence-corrected chi connectivity index (χ1v) is 20.9. The molecule has 1 aliphatic heterocycles. The van der Waals surface area contributed by atoms with Gasteiger partial charge in [-0.3, -0.25) is 18.9 Å². The molecule has 18 nitrogen and oxygen atoms in total. The zero-order valence-electron chi connectivity index (χ0n) is 22.9. The highest BCUT2D eigenvalue weighted by Gasteiger charge is 2.48. The van der Waals surface area contributed by atoms with E-state index in [4.69, 9.17) is 31.1 Å². The number of phosphoric ester groups is 1. The molecule has 1 saturated heterocycles. The summed E-state index contributed by atoms with van der Waals surface area (Å²) in [6.07, 6.45) is -4.99. The third kappa shape index (κ3) is 14.4. The SMILES string of the molecule is [B]SSCOCC#Cc1cn(C2OC(COP(=O)(O)OP(=O)(O)OP(=O)(O)O)C(OCSSC(C)(C)C)C2O)c(=O)[nH]c1=O. The lowest BCUT2D eigenvalue weighted by Crippen LogP contribution is -2.39. The number of hydrogen-bond acceptors (Lipinski definition) is 16. The molecule has 0 saturated carbocycles. The predicted octanol–water partition coefficient (Wildman–Crippen LogP) is 1.45. The van der Waals surface area contributed by atoms with Crippen LogP contribution in [0.1, 0.15) is 32.6 Å². The summed E-state index contributed by atoms with van der Waals surface area (Å²) in [7, 11) is -6.82. The number of nitrogens with one attached hydrogen (secondary N) is 1. The van der Waals surface area contributed by atoms with E-state index >= 15 is 0 Å². The second-order valence-electron chi connectivity index (χ2n) is 9.20. The molecule has 1 fully saturated rings. The van der Waals surface area contributed by atoms with Crippen LogP contribution in [0.3, 0.4) is 0 Å². The molecule has 44 heavy (non-hydrogen) atoms. The van der Waals surface area contributed by atoms with E-state index < -0.39 is 65.9 Å². The third-order valence-corrected chi connectivity index (χ3v) is 12.5. The highest BCUT2D eigenvalue weighted by Crippen LogP contribution is 2.66. The van der Waals surface area contributed by atoms with Crippen molar-refractivity contribution in [2.45, 2.75) is 50.1 Å². The smallest absolute Gasteiger partial charge is 0.386 e. The molecule has 6 unspecified atom stereocenters. The van der Waals surface area contributed by atoms with Crippen LogP contribution >= 0.6 is 66.5 Å². The number of hydrogen-bond donors (Lipinski definition) is 6. The van der Waals surface area contributed by atoms with Crippen LogP contribution in [-0.4, -0.2) is 89.5 Å². The van der Waals surface area contributed by atoms with Crippen LogP contribution in [0.4, 0.5) is 0 Å². The zero-order valence-corrected chi connectivity index (χ0v) is 28.9. The minimum Gasteiger partial charge on any atom is -0.386 e. The number of ether oxygens (including phenoxy) is 3. The van der Waals surface area contributed by atoms with Gasteiger partial charge in [0.15, 0.2) is 13.4 Å². The molecule has 1 aromatic heterocycles. The molecule has 6 atom stereocenters. The fourth-order valence-electron chi connectivity index (χ4n) is 3.12. The molecule has 2 heterocycles. The number of aromatic amines is 1. The second-order valence-corrected chi connectivity index (χ2v) is 18.6. The summed E-state index contributed by atoms with van der Waals surface area (Å²) in [6, 6.07) is 0. The highest BCUT2D eigenvalue weighted by molar-refractivity contribution is 8.84. The summed E-state index contributed by atoms with van der Waals surface area (Å²) in [4.78, 5) is 63.6. The average molecular weight is 760 g/mol. The molecule has 0 aliphatic carbocycles. The van der Waals surface area contributed by atoms with Crippen LogP contribution < -0.4 is 11.2 Å². The fourth-order valence-corrected chi connectivity index (χ4v) is 8.71. The van der Waals surface area contributed by atoms with Gasteiger partial charge in [0.25, 0.3) is 5.56 Å². The van der Waals surface area contributed by atoms with Crippen LogP contribution in [0.2, 0.25) is 0 Å². The van der Waals surface area contributed by atoms with E-state index in [9.17, 15) is 38.2 Å². The minimum absolute atomic E-state index is 0.0519. The molecule has 248 valence electrons. The Labute approximate surface area is 267 Å². The molecule has 0 amide bonds. The van der Waals surface area contributed by atoms with E-state index in [1.54, 1.807) is 0 Å². The Morgan fingerprint density at radius 3 is 2.39 bits per heavy atom. The standard InChI is InChI=1S/C18H28BN2O16P3S4/c1-18(2,3)43-41-10-33-14-12(8-34-39(28,29)37-40(30,31)36-38(25,26)27)35-16(13(14)22)21-7-11(15(23)20-17(21)24)5-4-6-32-9-42-44-19/h7,12-14,16,22H,6,8-10H2,1-3H3,(H,28,29)(H,30,31)(H,20,23,24)(H2,25,26,27). The van der Waals surface area contributed by atoms with Crippen LogP contribution in [0.25, 0.3) is 0 Å². The topological polar surface area (TPSA) is 263 Å². The molecule has 1 aliphatic rings. The number of H-pyrrole nitrogens is 1. The summed E-state index contributed by atoms with van der Waals surface area (Å²) in [5, 5.41) is 11.1. The Hall–Kier alpha value is -0.0451. The summed E-state index contributed by atoms with van der Waals surface area (Å²) in [5.41, 5.74) is -2.05. The predicted molar refractivity (Wildman–Crippen MR) is 164 cm³/mol. The minimum atomic E-state index is -5.79. The van der Waals surface area contributed by atoms with Gasteiger partial charge in [0.1, 0.15) is 42.4 Å². The van der Waals surface area contributed by atoms with Crippen molar-refractivity contribution in [1.29, 1.82) is 0 Å². The van der Waals surface area contributed by atoms with Gasteiger partial charge in [0.2, 0.25) is 0 Å². The van der Waals surface area contributed by atoms with Gasteiger partial charge >= 0.3 is 29.2 Å². The number of phosphoric acid groups is 3. The van der Waals surface area contributed by atoms with Crippen molar-refractivity contribution in [2.24, 2.45) is 0 Å². The lowest BCUT2D eigenvalue weighted by Gasteiger charge is -2.23. The van der Waals surface area contributed by atoms with Gasteiger partial charge in [-0.15, -0.1) is 0 Å². The molecule has 2 radical (unpaired) electrons. The first-order chi connectivity index (χ1) is 20.2. The molecule has 1 aromatic rings. The Bertz CT molecular complexity index is 1440. The largest absolute Gasteiger partial charge is 0.490 e. The third-order valence-electron chi connectivity index (χ3n) is 4.58. The number of nitrogens with zero attached hydrogens (tertiary/aromatic N) is 1. The van der Waals surface area contributed by atoms with Gasteiger partial charge in [-0.1, -0.05) is 65.0 Å². The molecular formula is C18H28BN2O16P3S4. The molecule has 0 bridgehead atoms. The van der Waals surface area contributed by atoms with Crippen LogP contribution in [0.15, 0.2) is 15.8 Å². The van der Waals surface area contributed by atoms with Crippen molar-refractivity contribution in [3.8, 4) is 11.8 Å². The van der Waals surface area contributed by atoms with Gasteiger partial charge in [0, 0.05) is 10.9 Å². The summed E-state index contributed by atoms with van der Waals surface area (Å²) >= 11 is 0. The van der Waals surface area contributed by atoms with Gasteiger partial charge in [-0.25, -0.2) is 18.5 Å². The van der Waals surface area contributed by atoms with E-state index in [2.05, 4.69) is 25.0 Å². The molecule has 6 N–H and O–H groups in total. The first kappa shape index (κ1) is 40.1. The van der Waals surface area contributed by atoms with E-state index in [-0.39, 0.29) is 28.8 Å². The maximum Gasteiger partial charge on any atom is 0.490 e. The quantitative estimate of drug-likeness (QED) is 0.0348. The highest BCUT2D eigenvalue weighted by atomic mass is 33.1. The summed E-state index contributed by atoms with van der Waals surface area (Å²) in [5.74, 6) is 5.29. The molecule has 0 aromatic carbocycles. The van der Waals surface area contributed by atoms with E-state index in [1.807, 2.05) is 25.8 Å². The molecule has 0 spiro atoms. The summed E-state index contributed by atoms with van der Waals surface area (Å²) < 4.78 is 64.0. The van der Waals surface area contributed by atoms with Crippen molar-refractivity contribution < 1.29 is 65.7 Å². The lowest BCUT2D eigenvalue weighted by atomic mass is 10.1. The monoisotopic (exact) mass is 760 g/mol. The zero-order chi connectivity index (χ0) is 33.3. The molecule has 2 rings (SSSR count). The first-order valence-electron chi connectivity index (χ1n) is 11.7. The Morgan fingerprint density at radius 1 is 1.09 bits per heavy atom. The van der Waals surface area contributed by atoms with Gasteiger partial charge in [-0.2, -0.15) is 19.3 Å². The fraction of sp³-hybridized carbons (Fsp3) is 0.667. The summed E-state index contributed by atoms with van der Waals surface area (Å²) in [6.45, 7) is 4.77. The van der Waals surface area contributed by atoms with Crippen molar-refractivity contribution in [3.63, 3.8) is 0 Å². The number of aliphatic hydroxyl groups is 1. The maximum atomic E-state index is 12.7. The van der Waals surface area contributed by atoms with Crippen LogP contribution in [0, 0.1) is 11.8 Å². The number of aromatic nitrogens is 2. The Kier molecular flexibility index (Phi) is 15.9. The van der Waals surface area contributed by atoms with Gasteiger partial charge in [-0.05, 0) is 0 Å². The van der Waals surface area contributed by atoms with Gasteiger partial charge < -0.3 is 38.9 Å². The van der Waals surface area contributed by atoms with Crippen LogP contribution in [0.5, 0.6) is 0 Å². The molecule has 26 heteroatoms. The van der Waals surface area contributed by atoms with Crippen molar-refractivity contribution in [2.75, 3.05) is 25.1 Å². The average Bonchev–Trinajstić information content (AvgIpc) is 3.16. The van der Waals surface area contributed by atoms with Crippen molar-refractivity contribution in [1.82, 2.24) is 9.55 Å². The van der Waals surface area contributed by atoms with Crippen LogP contribution in [-0.2, 0) is 41.1 Å². The molecular weight excluding hydrogens is 732 g/mol. The lowest BCUT2D eigenvalue weighted by molar-refractivity contribution is -0.0567. The van der Waals surface area contributed by atoms with Crippen molar-refractivity contribution in [3.05, 3.63) is 32.6 Å². The van der Waals surface area contributed by atoms with Gasteiger partial charge in [0.05, 0.1) is 6.61 Å². The number of rotatable bonds is 16. The Balaban J connectivity index is 2.28. The number of aliphatic hydroxyl groups excluding tert-OH is 1. The van der Waals surface area contributed by atoms with E-state index in [0.717, 1.165) is 21.4 Å². The Morgan fingerprint density at radius 2 is 1.77 bits per heavy atom.